The SMILES string of the molecule is CCNC(=O)[C@H](CC)N(Cc1ccc(C)cc1)C(=O)CCCSc1ccc(Cl)cc1. The van der Waals surface area contributed by atoms with Crippen LogP contribution in [0.4, 0.5) is 0 Å². The van der Waals surface area contributed by atoms with E-state index in [2.05, 4.69) is 5.32 Å². The third-order valence-corrected chi connectivity index (χ3v) is 6.18. The first kappa shape index (κ1) is 24.3. The van der Waals surface area contributed by atoms with Crippen molar-refractivity contribution in [3.63, 3.8) is 0 Å². The average molecular weight is 447 g/mol. The van der Waals surface area contributed by atoms with Gasteiger partial charge in [-0.1, -0.05) is 48.4 Å². The largest absolute Gasteiger partial charge is 0.355 e. The Bertz CT molecular complexity index is 809. The molecule has 0 bridgehead atoms. The molecule has 0 radical (unpaired) electrons. The van der Waals surface area contributed by atoms with Gasteiger partial charge in [0.25, 0.3) is 0 Å². The number of hydrogen-bond donors (Lipinski definition) is 1. The fraction of sp³-hybridized carbons (Fsp3) is 0.417. The number of halogens is 1. The molecular formula is C24H31ClN2O2S. The second kappa shape index (κ2) is 12.7. The van der Waals surface area contributed by atoms with E-state index in [1.54, 1.807) is 16.7 Å². The van der Waals surface area contributed by atoms with Gasteiger partial charge in [0.15, 0.2) is 0 Å². The van der Waals surface area contributed by atoms with E-state index in [4.69, 9.17) is 11.6 Å². The summed E-state index contributed by atoms with van der Waals surface area (Å²) in [6.07, 6.45) is 1.76. The van der Waals surface area contributed by atoms with Crippen molar-refractivity contribution in [2.75, 3.05) is 12.3 Å². The second-order valence-electron chi connectivity index (χ2n) is 7.23. The number of rotatable bonds is 11. The Morgan fingerprint density at radius 3 is 2.33 bits per heavy atom. The summed E-state index contributed by atoms with van der Waals surface area (Å²) in [5, 5.41) is 3.59. The molecule has 6 heteroatoms. The number of nitrogens with one attached hydrogen (secondary N) is 1. The summed E-state index contributed by atoms with van der Waals surface area (Å²) in [6, 6.07) is 15.4. The Morgan fingerprint density at radius 1 is 1.07 bits per heavy atom. The summed E-state index contributed by atoms with van der Waals surface area (Å²) >= 11 is 7.63. The molecule has 0 unspecified atom stereocenters. The number of hydrogen-bond acceptors (Lipinski definition) is 3. The molecule has 2 aromatic carbocycles. The van der Waals surface area contributed by atoms with Crippen LogP contribution in [0.2, 0.25) is 5.02 Å². The van der Waals surface area contributed by atoms with Crippen molar-refractivity contribution in [1.29, 1.82) is 0 Å². The number of amides is 2. The molecular weight excluding hydrogens is 416 g/mol. The molecule has 162 valence electrons. The van der Waals surface area contributed by atoms with Gasteiger partial charge in [0.05, 0.1) is 0 Å². The van der Waals surface area contributed by atoms with Gasteiger partial charge < -0.3 is 10.2 Å². The highest BCUT2D eigenvalue weighted by molar-refractivity contribution is 7.99. The molecule has 0 aliphatic heterocycles. The van der Waals surface area contributed by atoms with E-state index in [-0.39, 0.29) is 11.8 Å². The molecule has 2 rings (SSSR count). The predicted octanol–water partition coefficient (Wildman–Crippen LogP) is 5.46. The number of carbonyl (C=O) groups is 2. The highest BCUT2D eigenvalue weighted by Crippen LogP contribution is 2.22. The minimum Gasteiger partial charge on any atom is -0.355 e. The van der Waals surface area contributed by atoms with Crippen molar-refractivity contribution in [3.8, 4) is 0 Å². The third-order valence-electron chi connectivity index (χ3n) is 4.83. The molecule has 0 aromatic heterocycles. The molecule has 1 N–H and O–H groups in total. The average Bonchev–Trinajstić information content (AvgIpc) is 2.74. The van der Waals surface area contributed by atoms with Gasteiger partial charge in [-0.25, -0.2) is 0 Å². The number of aryl methyl sites for hydroxylation is 1. The highest BCUT2D eigenvalue weighted by atomic mass is 35.5. The van der Waals surface area contributed by atoms with Gasteiger partial charge in [0.2, 0.25) is 11.8 Å². The van der Waals surface area contributed by atoms with Crippen LogP contribution in [0.5, 0.6) is 0 Å². The van der Waals surface area contributed by atoms with Crippen LogP contribution >= 0.6 is 23.4 Å². The zero-order valence-electron chi connectivity index (χ0n) is 18.0. The van der Waals surface area contributed by atoms with Crippen molar-refractivity contribution < 1.29 is 9.59 Å². The lowest BCUT2D eigenvalue weighted by Crippen LogP contribution is -2.49. The molecule has 1 atom stereocenters. The molecule has 0 heterocycles. The van der Waals surface area contributed by atoms with Crippen LogP contribution in [-0.4, -0.2) is 35.1 Å². The molecule has 0 saturated heterocycles. The Kier molecular flexibility index (Phi) is 10.2. The van der Waals surface area contributed by atoms with Gasteiger partial charge >= 0.3 is 0 Å². The molecule has 0 fully saturated rings. The first-order chi connectivity index (χ1) is 14.4. The Hall–Kier alpha value is -1.98. The zero-order valence-corrected chi connectivity index (χ0v) is 19.6. The number of carbonyl (C=O) groups excluding carboxylic acids is 2. The van der Waals surface area contributed by atoms with Crippen molar-refractivity contribution in [2.24, 2.45) is 0 Å². The normalized spacial score (nSPS) is 11.7. The lowest BCUT2D eigenvalue weighted by Gasteiger charge is -2.30. The fourth-order valence-corrected chi connectivity index (χ4v) is 4.17. The van der Waals surface area contributed by atoms with E-state index in [1.807, 2.05) is 69.3 Å². The van der Waals surface area contributed by atoms with Gasteiger partial charge in [-0.3, -0.25) is 9.59 Å². The zero-order chi connectivity index (χ0) is 21.9. The monoisotopic (exact) mass is 446 g/mol. The summed E-state index contributed by atoms with van der Waals surface area (Å²) in [5.74, 6) is 0.769. The first-order valence-corrected chi connectivity index (χ1v) is 11.8. The molecule has 0 aliphatic rings. The predicted molar refractivity (Wildman–Crippen MR) is 126 cm³/mol. The van der Waals surface area contributed by atoms with Crippen LogP contribution in [0.15, 0.2) is 53.4 Å². The Morgan fingerprint density at radius 2 is 1.73 bits per heavy atom. The standard InChI is InChI=1S/C24H31ClN2O2S/c1-4-22(24(29)26-5-2)27(17-19-10-8-18(3)9-11-19)23(28)7-6-16-30-21-14-12-20(25)13-15-21/h8-15,22H,4-7,16-17H2,1-3H3,(H,26,29)/t22-/m0/s1. The second-order valence-corrected chi connectivity index (χ2v) is 8.84. The topological polar surface area (TPSA) is 49.4 Å². The maximum absolute atomic E-state index is 13.1. The minimum atomic E-state index is -0.456. The summed E-state index contributed by atoms with van der Waals surface area (Å²) in [5.41, 5.74) is 2.21. The minimum absolute atomic E-state index is 0.0189. The molecule has 0 aliphatic carbocycles. The third kappa shape index (κ3) is 7.69. The van der Waals surface area contributed by atoms with E-state index >= 15 is 0 Å². The number of benzene rings is 2. The first-order valence-electron chi connectivity index (χ1n) is 10.5. The van der Waals surface area contributed by atoms with Gasteiger partial charge in [-0.2, -0.15) is 0 Å². The lowest BCUT2D eigenvalue weighted by atomic mass is 10.1. The van der Waals surface area contributed by atoms with E-state index in [1.165, 1.54) is 5.56 Å². The van der Waals surface area contributed by atoms with Gasteiger partial charge in [-0.15, -0.1) is 11.8 Å². The van der Waals surface area contributed by atoms with E-state index < -0.39 is 6.04 Å². The maximum atomic E-state index is 13.1. The number of nitrogens with zero attached hydrogens (tertiary/aromatic N) is 1. The van der Waals surface area contributed by atoms with Crippen LogP contribution < -0.4 is 5.32 Å². The Labute approximate surface area is 189 Å². The van der Waals surface area contributed by atoms with Crippen LogP contribution in [-0.2, 0) is 16.1 Å². The summed E-state index contributed by atoms with van der Waals surface area (Å²) < 4.78 is 0. The molecule has 2 amide bonds. The smallest absolute Gasteiger partial charge is 0.242 e. The summed E-state index contributed by atoms with van der Waals surface area (Å²) in [6.45, 7) is 6.88. The van der Waals surface area contributed by atoms with Crippen molar-refractivity contribution in [2.45, 2.75) is 57.5 Å². The molecule has 4 nitrogen and oxygen atoms in total. The van der Waals surface area contributed by atoms with Crippen LogP contribution in [0.25, 0.3) is 0 Å². The maximum Gasteiger partial charge on any atom is 0.242 e. The highest BCUT2D eigenvalue weighted by Gasteiger charge is 2.27. The number of thioether (sulfide) groups is 1. The lowest BCUT2D eigenvalue weighted by molar-refractivity contribution is -0.141. The van der Waals surface area contributed by atoms with E-state index in [0.29, 0.717) is 25.9 Å². The van der Waals surface area contributed by atoms with Gasteiger partial charge in [0.1, 0.15) is 6.04 Å². The van der Waals surface area contributed by atoms with Crippen molar-refractivity contribution >= 4 is 35.2 Å². The number of likely N-dealkylation sites (N-methyl/N-ethyl adjacent to an activating group) is 1. The van der Waals surface area contributed by atoms with Crippen LogP contribution in [0, 0.1) is 6.92 Å². The molecule has 30 heavy (non-hydrogen) atoms. The van der Waals surface area contributed by atoms with Gasteiger partial charge in [-0.05, 0) is 62.3 Å². The van der Waals surface area contributed by atoms with Gasteiger partial charge in [0, 0.05) is 29.4 Å². The molecule has 2 aromatic rings. The fourth-order valence-electron chi connectivity index (χ4n) is 3.19. The van der Waals surface area contributed by atoms with Crippen molar-refractivity contribution in [1.82, 2.24) is 10.2 Å². The summed E-state index contributed by atoms with van der Waals surface area (Å²) in [4.78, 5) is 28.6. The van der Waals surface area contributed by atoms with Crippen LogP contribution in [0.3, 0.4) is 0 Å². The van der Waals surface area contributed by atoms with Crippen LogP contribution in [0.1, 0.15) is 44.2 Å². The quantitative estimate of drug-likeness (QED) is 0.368. The Balaban J connectivity index is 2.01. The summed E-state index contributed by atoms with van der Waals surface area (Å²) in [7, 11) is 0. The van der Waals surface area contributed by atoms with Crippen molar-refractivity contribution in [3.05, 3.63) is 64.7 Å². The van der Waals surface area contributed by atoms with E-state index in [0.717, 1.165) is 27.7 Å². The molecule has 0 saturated carbocycles. The van der Waals surface area contributed by atoms with E-state index in [9.17, 15) is 9.59 Å². The molecule has 0 spiro atoms.